The van der Waals surface area contributed by atoms with Crippen LogP contribution >= 0.6 is 0 Å². The Labute approximate surface area is 96.2 Å². The molecule has 0 aromatic heterocycles. The van der Waals surface area contributed by atoms with Crippen molar-refractivity contribution < 1.29 is 14.7 Å². The van der Waals surface area contributed by atoms with Gasteiger partial charge in [0.05, 0.1) is 11.3 Å². The lowest BCUT2D eigenvalue weighted by molar-refractivity contribution is -0.118. The van der Waals surface area contributed by atoms with Crippen molar-refractivity contribution in [1.82, 2.24) is 0 Å². The number of nitriles is 1. The monoisotopic (exact) mass is 232 g/mol. The first-order valence-electron chi connectivity index (χ1n) is 4.48. The molecule has 0 aliphatic heterocycles. The third kappa shape index (κ3) is 3.10. The maximum atomic E-state index is 10.8. The summed E-state index contributed by atoms with van der Waals surface area (Å²) >= 11 is 0. The number of nitrogens with two attached hydrogens (primary N) is 1. The van der Waals surface area contributed by atoms with E-state index in [4.69, 9.17) is 16.1 Å². The summed E-state index contributed by atoms with van der Waals surface area (Å²) < 4.78 is 0. The van der Waals surface area contributed by atoms with Gasteiger partial charge in [0.1, 0.15) is 6.07 Å². The van der Waals surface area contributed by atoms with Crippen LogP contribution in [0.5, 0.6) is 0 Å². The lowest BCUT2D eigenvalue weighted by atomic mass is 10.2. The molecule has 7 heteroatoms. The number of benzene rings is 1. The predicted octanol–water partition coefficient (Wildman–Crippen LogP) is 0.846. The van der Waals surface area contributed by atoms with E-state index in [0.29, 0.717) is 0 Å². The van der Waals surface area contributed by atoms with Crippen LogP contribution in [0.25, 0.3) is 0 Å². The molecule has 1 rings (SSSR count). The summed E-state index contributed by atoms with van der Waals surface area (Å²) in [5, 5.41) is 24.3. The number of nitrogens with zero attached hydrogens (tertiary/aromatic N) is 3. The van der Waals surface area contributed by atoms with Gasteiger partial charge in [-0.25, -0.2) is 4.79 Å². The van der Waals surface area contributed by atoms with Gasteiger partial charge >= 0.3 is 5.97 Å². The smallest absolute Gasteiger partial charge is 0.337 e. The molecule has 1 amide bonds. The van der Waals surface area contributed by atoms with Crippen LogP contribution in [0.15, 0.2) is 34.5 Å². The summed E-state index contributed by atoms with van der Waals surface area (Å²) in [5.41, 5.74) is 4.86. The van der Waals surface area contributed by atoms with Crippen LogP contribution in [0.4, 0.5) is 5.69 Å². The number of azo groups is 1. The summed E-state index contributed by atoms with van der Waals surface area (Å²) in [6.45, 7) is 0. The maximum absolute atomic E-state index is 10.8. The van der Waals surface area contributed by atoms with Gasteiger partial charge in [0, 0.05) is 0 Å². The van der Waals surface area contributed by atoms with Gasteiger partial charge in [-0.1, -0.05) is 12.1 Å². The molecule has 0 fully saturated rings. The second kappa shape index (κ2) is 5.37. The number of carboxylic acid groups (broad SMARTS) is 1. The largest absolute Gasteiger partial charge is 0.478 e. The SMILES string of the molecule is N#CC(N=Nc1ccccc1C(=O)O)C(N)=O. The highest BCUT2D eigenvalue weighted by Crippen LogP contribution is 2.19. The van der Waals surface area contributed by atoms with Crippen molar-refractivity contribution >= 4 is 17.6 Å². The molecule has 17 heavy (non-hydrogen) atoms. The molecule has 0 spiro atoms. The molecule has 0 aliphatic carbocycles. The van der Waals surface area contributed by atoms with E-state index < -0.39 is 17.9 Å². The van der Waals surface area contributed by atoms with Crippen LogP contribution in [-0.4, -0.2) is 23.0 Å². The van der Waals surface area contributed by atoms with Crippen LogP contribution < -0.4 is 5.73 Å². The zero-order valence-electron chi connectivity index (χ0n) is 8.57. The first-order chi connectivity index (χ1) is 8.06. The van der Waals surface area contributed by atoms with E-state index >= 15 is 0 Å². The highest BCUT2D eigenvalue weighted by Gasteiger charge is 2.13. The van der Waals surface area contributed by atoms with Crippen LogP contribution in [-0.2, 0) is 4.79 Å². The van der Waals surface area contributed by atoms with Gasteiger partial charge in [-0.15, -0.1) is 0 Å². The molecular weight excluding hydrogens is 224 g/mol. The number of carbonyl (C=O) groups excluding carboxylic acids is 1. The third-order valence-electron chi connectivity index (χ3n) is 1.81. The van der Waals surface area contributed by atoms with E-state index in [9.17, 15) is 9.59 Å². The number of carboxylic acids is 1. The Balaban J connectivity index is 3.03. The van der Waals surface area contributed by atoms with Gasteiger partial charge in [-0.2, -0.15) is 15.5 Å². The average molecular weight is 232 g/mol. The number of carbonyl (C=O) groups is 2. The minimum Gasteiger partial charge on any atom is -0.478 e. The number of hydrogen-bond donors (Lipinski definition) is 2. The molecule has 0 heterocycles. The van der Waals surface area contributed by atoms with Gasteiger partial charge in [0.25, 0.3) is 5.91 Å². The Bertz CT molecular complexity index is 519. The molecular formula is C10H8N4O3. The Morgan fingerprint density at radius 2 is 2.06 bits per heavy atom. The molecule has 0 bridgehead atoms. The van der Waals surface area contributed by atoms with E-state index in [1.54, 1.807) is 6.07 Å². The molecule has 3 N–H and O–H groups in total. The number of primary amides is 1. The molecule has 0 saturated carbocycles. The van der Waals surface area contributed by atoms with Crippen molar-refractivity contribution in [2.75, 3.05) is 0 Å². The first kappa shape index (κ1) is 12.3. The zero-order valence-corrected chi connectivity index (χ0v) is 8.57. The van der Waals surface area contributed by atoms with Crippen molar-refractivity contribution in [2.45, 2.75) is 6.04 Å². The molecule has 1 aromatic carbocycles. The van der Waals surface area contributed by atoms with Crippen LogP contribution in [0, 0.1) is 11.3 Å². The molecule has 0 saturated heterocycles. The predicted molar refractivity (Wildman–Crippen MR) is 56.5 cm³/mol. The molecule has 0 aliphatic rings. The second-order valence-corrected chi connectivity index (χ2v) is 2.97. The van der Waals surface area contributed by atoms with Crippen molar-refractivity contribution in [2.24, 2.45) is 16.0 Å². The highest BCUT2D eigenvalue weighted by atomic mass is 16.4. The highest BCUT2D eigenvalue weighted by molar-refractivity contribution is 5.93. The molecule has 0 radical (unpaired) electrons. The Hall–Kier alpha value is -2.75. The van der Waals surface area contributed by atoms with Crippen LogP contribution in [0.2, 0.25) is 0 Å². The van der Waals surface area contributed by atoms with Crippen LogP contribution in [0.3, 0.4) is 0 Å². The van der Waals surface area contributed by atoms with Gasteiger partial charge in [-0.05, 0) is 12.1 Å². The van der Waals surface area contributed by atoms with Gasteiger partial charge in [0.15, 0.2) is 0 Å². The summed E-state index contributed by atoms with van der Waals surface area (Å²) in [7, 11) is 0. The normalized spacial score (nSPS) is 11.9. The van der Waals surface area contributed by atoms with E-state index in [0.717, 1.165) is 0 Å². The number of hydrogen-bond acceptors (Lipinski definition) is 5. The quantitative estimate of drug-likeness (QED) is 0.745. The molecule has 1 atom stereocenters. The first-order valence-corrected chi connectivity index (χ1v) is 4.48. The van der Waals surface area contributed by atoms with Crippen LogP contribution in [0.1, 0.15) is 10.4 Å². The van der Waals surface area contributed by atoms with E-state index in [1.807, 2.05) is 0 Å². The van der Waals surface area contributed by atoms with E-state index in [2.05, 4.69) is 10.2 Å². The molecule has 1 aromatic rings. The molecule has 7 nitrogen and oxygen atoms in total. The van der Waals surface area contributed by atoms with Gasteiger partial charge in [-0.3, -0.25) is 4.79 Å². The summed E-state index contributed by atoms with van der Waals surface area (Å²) in [4.78, 5) is 21.5. The summed E-state index contributed by atoms with van der Waals surface area (Å²) in [6.07, 6.45) is 0. The van der Waals surface area contributed by atoms with Crippen molar-refractivity contribution in [3.05, 3.63) is 29.8 Å². The number of aromatic carboxylic acids is 1. The topological polar surface area (TPSA) is 129 Å². The van der Waals surface area contributed by atoms with Gasteiger partial charge in [0.2, 0.25) is 6.04 Å². The van der Waals surface area contributed by atoms with E-state index in [1.165, 1.54) is 24.3 Å². The third-order valence-corrected chi connectivity index (χ3v) is 1.81. The van der Waals surface area contributed by atoms with E-state index in [-0.39, 0.29) is 11.3 Å². The minimum atomic E-state index is -1.42. The second-order valence-electron chi connectivity index (χ2n) is 2.97. The van der Waals surface area contributed by atoms with Gasteiger partial charge < -0.3 is 10.8 Å². The Kier molecular flexibility index (Phi) is 3.89. The summed E-state index contributed by atoms with van der Waals surface area (Å²) in [6, 6.07) is 5.95. The fourth-order valence-electron chi connectivity index (χ4n) is 1.01. The number of amides is 1. The summed E-state index contributed by atoms with van der Waals surface area (Å²) in [5.74, 6) is -2.11. The lowest BCUT2D eigenvalue weighted by Gasteiger charge is -1.99. The fraction of sp³-hybridized carbons (Fsp3) is 0.100. The zero-order chi connectivity index (χ0) is 12.8. The van der Waals surface area contributed by atoms with Crippen molar-refractivity contribution in [3.8, 4) is 6.07 Å². The Morgan fingerprint density at radius 3 is 2.59 bits per heavy atom. The lowest BCUT2D eigenvalue weighted by Crippen LogP contribution is -2.24. The Morgan fingerprint density at radius 1 is 1.41 bits per heavy atom. The number of rotatable bonds is 4. The maximum Gasteiger partial charge on any atom is 0.337 e. The van der Waals surface area contributed by atoms with Crippen molar-refractivity contribution in [1.29, 1.82) is 5.26 Å². The molecule has 1 unspecified atom stereocenters. The average Bonchev–Trinajstić information content (AvgIpc) is 2.29. The minimum absolute atomic E-state index is 0.0569. The standard InChI is InChI=1S/C10H8N4O3/c11-5-8(9(12)15)14-13-7-4-2-1-3-6(7)10(16)17/h1-4,8H,(H2,12,15)(H,16,17). The van der Waals surface area contributed by atoms with Crippen molar-refractivity contribution in [3.63, 3.8) is 0 Å². The molecule has 86 valence electrons. The fourth-order valence-corrected chi connectivity index (χ4v) is 1.01.